The minimum atomic E-state index is -0.676. The number of nitrogens with two attached hydrogens (primary N) is 1. The first-order chi connectivity index (χ1) is 8.45. The molecule has 0 fully saturated rings. The fourth-order valence-electron chi connectivity index (χ4n) is 1.39. The first-order valence-corrected chi connectivity index (χ1v) is 6.32. The molecule has 0 aliphatic rings. The molecule has 6 heteroatoms. The summed E-state index contributed by atoms with van der Waals surface area (Å²) < 4.78 is 19.3. The Balaban J connectivity index is 2.45. The van der Waals surface area contributed by atoms with Crippen molar-refractivity contribution in [3.05, 3.63) is 34.3 Å². The smallest absolute Gasteiger partial charge is 0.261 e. The molecule has 2 rings (SSSR count). The Morgan fingerprint density at radius 1 is 1.50 bits per heavy atom. The van der Waals surface area contributed by atoms with E-state index in [4.69, 9.17) is 10.3 Å². The molecule has 1 aromatic carbocycles. The van der Waals surface area contributed by atoms with Gasteiger partial charge in [0.25, 0.3) is 5.89 Å². The maximum atomic E-state index is 13.9. The lowest BCUT2D eigenvalue weighted by Gasteiger charge is -2.16. The van der Waals surface area contributed by atoms with Crippen LogP contribution in [-0.4, -0.2) is 10.1 Å². The monoisotopic (exact) mass is 313 g/mol. The van der Waals surface area contributed by atoms with Gasteiger partial charge in [-0.15, -0.1) is 0 Å². The molecule has 2 N–H and O–H groups in total. The summed E-state index contributed by atoms with van der Waals surface area (Å²) in [6.07, 6.45) is 0.660. The molecule has 0 saturated carbocycles. The van der Waals surface area contributed by atoms with Crippen molar-refractivity contribution in [3.8, 4) is 11.5 Å². The summed E-state index contributed by atoms with van der Waals surface area (Å²) in [5.74, 6) is 0.0798. The lowest BCUT2D eigenvalue weighted by Crippen LogP contribution is -2.33. The van der Waals surface area contributed by atoms with E-state index in [0.29, 0.717) is 16.7 Å². The van der Waals surface area contributed by atoms with E-state index in [9.17, 15) is 4.39 Å². The van der Waals surface area contributed by atoms with Crippen molar-refractivity contribution in [2.24, 2.45) is 5.73 Å². The van der Waals surface area contributed by atoms with Gasteiger partial charge in [-0.3, -0.25) is 0 Å². The number of halogens is 2. The second-order valence-electron chi connectivity index (χ2n) is 4.30. The van der Waals surface area contributed by atoms with Gasteiger partial charge in [0, 0.05) is 0 Å². The van der Waals surface area contributed by atoms with Crippen LogP contribution in [0.3, 0.4) is 0 Å². The Morgan fingerprint density at radius 2 is 2.22 bits per heavy atom. The van der Waals surface area contributed by atoms with Crippen LogP contribution in [0.15, 0.2) is 27.2 Å². The van der Waals surface area contributed by atoms with Crippen LogP contribution < -0.4 is 5.73 Å². The maximum Gasteiger partial charge on any atom is 0.261 e. The van der Waals surface area contributed by atoms with Gasteiger partial charge in [0.15, 0.2) is 5.82 Å². The predicted octanol–water partition coefficient (Wildman–Crippen LogP) is 3.22. The Hall–Kier alpha value is -1.27. The van der Waals surface area contributed by atoms with E-state index in [1.54, 1.807) is 25.1 Å². The number of rotatable bonds is 3. The lowest BCUT2D eigenvalue weighted by molar-refractivity contribution is 0.378. The van der Waals surface area contributed by atoms with Crippen LogP contribution in [-0.2, 0) is 5.54 Å². The van der Waals surface area contributed by atoms with Crippen LogP contribution >= 0.6 is 15.9 Å². The minimum Gasteiger partial charge on any atom is -0.334 e. The normalized spacial score (nSPS) is 14.5. The first kappa shape index (κ1) is 13.2. The fourth-order valence-corrected chi connectivity index (χ4v) is 1.76. The average Bonchev–Trinajstić information content (AvgIpc) is 2.82. The number of hydrogen-bond acceptors (Lipinski definition) is 4. The van der Waals surface area contributed by atoms with Crippen LogP contribution in [0.1, 0.15) is 26.1 Å². The highest BCUT2D eigenvalue weighted by molar-refractivity contribution is 9.10. The van der Waals surface area contributed by atoms with Crippen molar-refractivity contribution in [2.75, 3.05) is 0 Å². The molecule has 1 unspecified atom stereocenters. The maximum absolute atomic E-state index is 13.9. The molecule has 2 aromatic rings. The third-order valence-corrected chi connectivity index (χ3v) is 3.47. The molecular formula is C12H13BrFN3O. The topological polar surface area (TPSA) is 64.9 Å². The van der Waals surface area contributed by atoms with E-state index in [1.165, 1.54) is 0 Å². The summed E-state index contributed by atoms with van der Waals surface area (Å²) in [5, 5.41) is 3.81. The molecule has 0 saturated heterocycles. The highest BCUT2D eigenvalue weighted by Crippen LogP contribution is 2.28. The van der Waals surface area contributed by atoms with Gasteiger partial charge in [0.05, 0.1) is 15.6 Å². The summed E-state index contributed by atoms with van der Waals surface area (Å²) in [5.41, 5.74) is 5.59. The van der Waals surface area contributed by atoms with Crippen LogP contribution in [0.5, 0.6) is 0 Å². The van der Waals surface area contributed by atoms with E-state index < -0.39 is 11.4 Å². The standard InChI is InChI=1S/C12H13BrFN3O/c1-3-12(2,15)11-16-10(18-17-11)7-5-4-6-8(13)9(7)14/h4-6H,3,15H2,1-2H3. The SMILES string of the molecule is CCC(C)(N)c1noc(-c2cccc(Br)c2F)n1. The Labute approximate surface area is 113 Å². The Bertz CT molecular complexity index is 568. The third kappa shape index (κ3) is 2.30. The summed E-state index contributed by atoms with van der Waals surface area (Å²) in [6, 6.07) is 4.89. The summed E-state index contributed by atoms with van der Waals surface area (Å²) in [7, 11) is 0. The van der Waals surface area contributed by atoms with Crippen LogP contribution in [0.4, 0.5) is 4.39 Å². The van der Waals surface area contributed by atoms with E-state index in [1.807, 2.05) is 6.92 Å². The van der Waals surface area contributed by atoms with Gasteiger partial charge in [0.1, 0.15) is 5.82 Å². The van der Waals surface area contributed by atoms with Gasteiger partial charge in [0.2, 0.25) is 0 Å². The predicted molar refractivity (Wildman–Crippen MR) is 69.2 cm³/mol. The van der Waals surface area contributed by atoms with E-state index in [2.05, 4.69) is 26.1 Å². The van der Waals surface area contributed by atoms with E-state index in [0.717, 1.165) is 0 Å². The molecular weight excluding hydrogens is 301 g/mol. The highest BCUT2D eigenvalue weighted by atomic mass is 79.9. The summed E-state index contributed by atoms with van der Waals surface area (Å²) >= 11 is 3.11. The molecule has 0 amide bonds. The zero-order valence-corrected chi connectivity index (χ0v) is 11.7. The molecule has 96 valence electrons. The van der Waals surface area contributed by atoms with Crippen LogP contribution in [0, 0.1) is 5.82 Å². The molecule has 1 atom stereocenters. The van der Waals surface area contributed by atoms with Gasteiger partial charge < -0.3 is 10.3 Å². The highest BCUT2D eigenvalue weighted by Gasteiger charge is 2.26. The van der Waals surface area contributed by atoms with Gasteiger partial charge in [-0.05, 0) is 41.4 Å². The van der Waals surface area contributed by atoms with Gasteiger partial charge in [-0.1, -0.05) is 18.1 Å². The second-order valence-corrected chi connectivity index (χ2v) is 5.15. The van der Waals surface area contributed by atoms with E-state index >= 15 is 0 Å². The largest absolute Gasteiger partial charge is 0.334 e. The third-order valence-electron chi connectivity index (χ3n) is 2.85. The first-order valence-electron chi connectivity index (χ1n) is 5.53. The molecule has 4 nitrogen and oxygen atoms in total. The molecule has 0 aliphatic carbocycles. The number of hydrogen-bond donors (Lipinski definition) is 1. The van der Waals surface area contributed by atoms with Crippen molar-refractivity contribution in [1.29, 1.82) is 0 Å². The second kappa shape index (κ2) is 4.78. The molecule has 0 spiro atoms. The molecule has 0 aliphatic heterocycles. The molecule has 1 aromatic heterocycles. The molecule has 18 heavy (non-hydrogen) atoms. The van der Waals surface area contributed by atoms with Crippen molar-refractivity contribution < 1.29 is 8.91 Å². The van der Waals surface area contributed by atoms with Crippen molar-refractivity contribution >= 4 is 15.9 Å². The zero-order valence-electron chi connectivity index (χ0n) is 10.1. The molecule has 0 radical (unpaired) electrons. The molecule has 1 heterocycles. The van der Waals surface area contributed by atoms with Gasteiger partial charge in [-0.25, -0.2) is 4.39 Å². The van der Waals surface area contributed by atoms with E-state index in [-0.39, 0.29) is 11.5 Å². The van der Waals surface area contributed by atoms with Gasteiger partial charge >= 0.3 is 0 Å². The van der Waals surface area contributed by atoms with Crippen molar-refractivity contribution in [3.63, 3.8) is 0 Å². The average molecular weight is 314 g/mol. The number of aromatic nitrogens is 2. The van der Waals surface area contributed by atoms with Crippen molar-refractivity contribution in [1.82, 2.24) is 10.1 Å². The quantitative estimate of drug-likeness (QED) is 0.944. The van der Waals surface area contributed by atoms with Crippen LogP contribution in [0.2, 0.25) is 0 Å². The van der Waals surface area contributed by atoms with Crippen molar-refractivity contribution in [2.45, 2.75) is 25.8 Å². The molecule has 0 bridgehead atoms. The fraction of sp³-hybridized carbons (Fsp3) is 0.333. The number of benzene rings is 1. The van der Waals surface area contributed by atoms with Crippen LogP contribution in [0.25, 0.3) is 11.5 Å². The number of nitrogens with zero attached hydrogens (tertiary/aromatic N) is 2. The lowest BCUT2D eigenvalue weighted by atomic mass is 10.00. The Kier molecular flexibility index (Phi) is 3.49. The minimum absolute atomic E-state index is 0.133. The Morgan fingerprint density at radius 3 is 2.89 bits per heavy atom. The zero-order chi connectivity index (χ0) is 13.3. The summed E-state index contributed by atoms with van der Waals surface area (Å²) in [6.45, 7) is 3.73. The summed E-state index contributed by atoms with van der Waals surface area (Å²) in [4.78, 5) is 4.16. The van der Waals surface area contributed by atoms with Gasteiger partial charge in [-0.2, -0.15) is 4.98 Å².